The molecule has 0 unspecified atom stereocenters. The standard InChI is InChI=1S/C20H21N3O/c1-4-22(3)17-12-10-16(11-13-17)14-19-15(2)21-23(20(19)24)18-8-6-5-7-9-18/h5-14H,4H2,1-3H3/b19-14-. The second-order valence-electron chi connectivity index (χ2n) is 5.80. The van der Waals surface area contributed by atoms with E-state index < -0.39 is 0 Å². The molecule has 0 N–H and O–H groups in total. The van der Waals surface area contributed by atoms with Crippen LogP contribution < -0.4 is 9.91 Å². The van der Waals surface area contributed by atoms with Gasteiger partial charge in [0.15, 0.2) is 0 Å². The van der Waals surface area contributed by atoms with Crippen LogP contribution in [-0.4, -0.2) is 25.2 Å². The number of para-hydroxylation sites is 1. The van der Waals surface area contributed by atoms with Crippen LogP contribution >= 0.6 is 0 Å². The average Bonchev–Trinajstić information content (AvgIpc) is 2.90. The first kappa shape index (κ1) is 16.0. The minimum atomic E-state index is -0.0894. The minimum Gasteiger partial charge on any atom is -0.375 e. The maximum atomic E-state index is 12.7. The molecule has 0 aromatic heterocycles. The van der Waals surface area contributed by atoms with Gasteiger partial charge in [0.05, 0.1) is 17.0 Å². The Morgan fingerprint density at radius 3 is 2.38 bits per heavy atom. The maximum Gasteiger partial charge on any atom is 0.280 e. The summed E-state index contributed by atoms with van der Waals surface area (Å²) in [4.78, 5) is 14.8. The van der Waals surface area contributed by atoms with Crippen LogP contribution in [0.5, 0.6) is 0 Å². The molecular formula is C20H21N3O. The van der Waals surface area contributed by atoms with E-state index in [4.69, 9.17) is 0 Å². The highest BCUT2D eigenvalue weighted by Gasteiger charge is 2.28. The fourth-order valence-corrected chi connectivity index (χ4v) is 2.60. The number of rotatable bonds is 4. The number of benzene rings is 2. The molecular weight excluding hydrogens is 298 g/mol. The molecule has 0 fully saturated rings. The zero-order valence-corrected chi connectivity index (χ0v) is 14.2. The summed E-state index contributed by atoms with van der Waals surface area (Å²) in [7, 11) is 2.06. The molecule has 1 heterocycles. The molecule has 24 heavy (non-hydrogen) atoms. The summed E-state index contributed by atoms with van der Waals surface area (Å²) < 4.78 is 0. The van der Waals surface area contributed by atoms with E-state index in [9.17, 15) is 4.79 Å². The van der Waals surface area contributed by atoms with Gasteiger partial charge in [-0.05, 0) is 49.8 Å². The van der Waals surface area contributed by atoms with E-state index >= 15 is 0 Å². The summed E-state index contributed by atoms with van der Waals surface area (Å²) >= 11 is 0. The number of nitrogens with zero attached hydrogens (tertiary/aromatic N) is 3. The Morgan fingerprint density at radius 1 is 1.08 bits per heavy atom. The quantitative estimate of drug-likeness (QED) is 0.800. The van der Waals surface area contributed by atoms with Gasteiger partial charge in [0.25, 0.3) is 5.91 Å². The molecule has 0 saturated heterocycles. The van der Waals surface area contributed by atoms with Crippen molar-refractivity contribution in [1.82, 2.24) is 0 Å². The van der Waals surface area contributed by atoms with E-state index in [1.54, 1.807) is 0 Å². The molecule has 1 aliphatic rings. The number of amides is 1. The van der Waals surface area contributed by atoms with Crippen molar-refractivity contribution < 1.29 is 4.79 Å². The second kappa shape index (κ2) is 6.71. The van der Waals surface area contributed by atoms with Gasteiger partial charge >= 0.3 is 0 Å². The predicted octanol–water partition coefficient (Wildman–Crippen LogP) is 3.95. The number of hydrogen-bond acceptors (Lipinski definition) is 3. The lowest BCUT2D eigenvalue weighted by Gasteiger charge is -2.16. The lowest BCUT2D eigenvalue weighted by molar-refractivity contribution is -0.114. The molecule has 2 aromatic carbocycles. The van der Waals surface area contributed by atoms with Crippen molar-refractivity contribution in [3.8, 4) is 0 Å². The summed E-state index contributed by atoms with van der Waals surface area (Å²) in [5.41, 5.74) is 4.31. The van der Waals surface area contributed by atoms with Crippen LogP contribution in [0.25, 0.3) is 6.08 Å². The Morgan fingerprint density at radius 2 is 1.75 bits per heavy atom. The van der Waals surface area contributed by atoms with Crippen molar-refractivity contribution in [2.45, 2.75) is 13.8 Å². The van der Waals surface area contributed by atoms with Crippen molar-refractivity contribution >= 4 is 29.1 Å². The van der Waals surface area contributed by atoms with Crippen LogP contribution in [0.3, 0.4) is 0 Å². The summed E-state index contributed by atoms with van der Waals surface area (Å²) in [5, 5.41) is 5.86. The first-order valence-corrected chi connectivity index (χ1v) is 8.08. The molecule has 0 saturated carbocycles. The van der Waals surface area contributed by atoms with Crippen LogP contribution in [0.15, 0.2) is 65.3 Å². The van der Waals surface area contributed by atoms with Crippen LogP contribution in [0.4, 0.5) is 11.4 Å². The van der Waals surface area contributed by atoms with E-state index in [2.05, 4.69) is 36.1 Å². The Hall–Kier alpha value is -2.88. The predicted molar refractivity (Wildman–Crippen MR) is 100 cm³/mol. The molecule has 1 amide bonds. The number of carbonyl (C=O) groups is 1. The molecule has 4 nitrogen and oxygen atoms in total. The SMILES string of the molecule is CCN(C)c1ccc(/C=C2\C(=O)N(c3ccccc3)N=C2C)cc1. The van der Waals surface area contributed by atoms with Crippen molar-refractivity contribution in [2.75, 3.05) is 23.5 Å². The lowest BCUT2D eigenvalue weighted by atomic mass is 10.1. The monoisotopic (exact) mass is 319 g/mol. The molecule has 0 bridgehead atoms. The van der Waals surface area contributed by atoms with E-state index in [0.717, 1.165) is 29.2 Å². The highest BCUT2D eigenvalue weighted by Crippen LogP contribution is 2.25. The Balaban J connectivity index is 1.86. The highest BCUT2D eigenvalue weighted by molar-refractivity contribution is 6.32. The van der Waals surface area contributed by atoms with Gasteiger partial charge in [-0.2, -0.15) is 10.1 Å². The van der Waals surface area contributed by atoms with Gasteiger partial charge < -0.3 is 4.90 Å². The van der Waals surface area contributed by atoms with E-state index in [-0.39, 0.29) is 5.91 Å². The number of anilines is 2. The smallest absolute Gasteiger partial charge is 0.280 e. The van der Waals surface area contributed by atoms with Gasteiger partial charge in [0.2, 0.25) is 0 Å². The molecule has 0 aliphatic carbocycles. The van der Waals surface area contributed by atoms with Gasteiger partial charge in [-0.15, -0.1) is 0 Å². The van der Waals surface area contributed by atoms with Gasteiger partial charge in [-0.1, -0.05) is 30.3 Å². The third-order valence-corrected chi connectivity index (χ3v) is 4.18. The third-order valence-electron chi connectivity index (χ3n) is 4.18. The second-order valence-corrected chi connectivity index (χ2v) is 5.80. The van der Waals surface area contributed by atoms with Crippen molar-refractivity contribution in [2.24, 2.45) is 5.10 Å². The number of hydrogen-bond donors (Lipinski definition) is 0. The number of hydrazone groups is 1. The van der Waals surface area contributed by atoms with Crippen molar-refractivity contribution in [3.05, 3.63) is 65.7 Å². The van der Waals surface area contributed by atoms with E-state index in [1.165, 1.54) is 5.01 Å². The molecule has 0 atom stereocenters. The first-order valence-electron chi connectivity index (χ1n) is 8.08. The van der Waals surface area contributed by atoms with E-state index in [0.29, 0.717) is 5.57 Å². The van der Waals surface area contributed by atoms with Crippen molar-refractivity contribution in [1.29, 1.82) is 0 Å². The Kier molecular flexibility index (Phi) is 4.47. The fourth-order valence-electron chi connectivity index (χ4n) is 2.60. The van der Waals surface area contributed by atoms with Gasteiger partial charge in [-0.25, -0.2) is 0 Å². The van der Waals surface area contributed by atoms with Gasteiger partial charge in [0, 0.05) is 19.3 Å². The molecule has 4 heteroatoms. The largest absolute Gasteiger partial charge is 0.375 e. The van der Waals surface area contributed by atoms with Crippen LogP contribution in [0.2, 0.25) is 0 Å². The lowest BCUT2D eigenvalue weighted by Crippen LogP contribution is -2.21. The Bertz CT molecular complexity index is 791. The molecule has 0 spiro atoms. The summed E-state index contributed by atoms with van der Waals surface area (Å²) in [6, 6.07) is 17.7. The van der Waals surface area contributed by atoms with Crippen molar-refractivity contribution in [3.63, 3.8) is 0 Å². The van der Waals surface area contributed by atoms with Crippen LogP contribution in [0.1, 0.15) is 19.4 Å². The first-order chi connectivity index (χ1) is 11.6. The molecule has 122 valence electrons. The number of carbonyl (C=O) groups excluding carboxylic acids is 1. The Labute approximate surface area is 142 Å². The highest BCUT2D eigenvalue weighted by atomic mass is 16.2. The molecule has 1 aliphatic heterocycles. The molecule has 2 aromatic rings. The fraction of sp³-hybridized carbons (Fsp3) is 0.200. The summed E-state index contributed by atoms with van der Waals surface area (Å²) in [6.07, 6.45) is 1.90. The molecule has 3 rings (SSSR count). The van der Waals surface area contributed by atoms with E-state index in [1.807, 2.05) is 55.5 Å². The third kappa shape index (κ3) is 3.08. The van der Waals surface area contributed by atoms with Gasteiger partial charge in [-0.3, -0.25) is 4.79 Å². The minimum absolute atomic E-state index is 0.0894. The summed E-state index contributed by atoms with van der Waals surface area (Å²) in [5.74, 6) is -0.0894. The van der Waals surface area contributed by atoms with Crippen LogP contribution in [0, 0.1) is 0 Å². The maximum absolute atomic E-state index is 12.7. The zero-order valence-electron chi connectivity index (χ0n) is 14.2. The summed E-state index contributed by atoms with van der Waals surface area (Å²) in [6.45, 7) is 4.94. The zero-order chi connectivity index (χ0) is 17.1. The van der Waals surface area contributed by atoms with Crippen LogP contribution in [-0.2, 0) is 4.79 Å². The van der Waals surface area contributed by atoms with Gasteiger partial charge in [0.1, 0.15) is 0 Å². The topological polar surface area (TPSA) is 35.9 Å². The normalized spacial score (nSPS) is 15.8. The molecule has 0 radical (unpaired) electrons. The average molecular weight is 319 g/mol.